The molecular formula is C24H27N3O4. The summed E-state index contributed by atoms with van der Waals surface area (Å²) in [5.74, 6) is 1.98. The number of benzene rings is 1. The molecular weight excluding hydrogens is 394 g/mol. The van der Waals surface area contributed by atoms with E-state index in [0.29, 0.717) is 38.6 Å². The zero-order valence-corrected chi connectivity index (χ0v) is 17.7. The van der Waals surface area contributed by atoms with Gasteiger partial charge in [-0.3, -0.25) is 9.69 Å². The van der Waals surface area contributed by atoms with Crippen molar-refractivity contribution in [1.29, 1.82) is 0 Å². The smallest absolute Gasteiger partial charge is 0.289 e. The SMILES string of the molecule is COc1cccc(C2c3cccn3CCN2Cc2ccc(C(=O)N3CCOCC3)o2)c1. The van der Waals surface area contributed by atoms with Crippen molar-refractivity contribution in [1.82, 2.24) is 14.4 Å². The highest BCUT2D eigenvalue weighted by Gasteiger charge is 2.30. The summed E-state index contributed by atoms with van der Waals surface area (Å²) in [6.07, 6.45) is 2.13. The number of hydrogen-bond donors (Lipinski definition) is 0. The molecule has 3 aromatic rings. The number of nitrogens with zero attached hydrogens (tertiary/aromatic N) is 3. The lowest BCUT2D eigenvalue weighted by molar-refractivity contribution is 0.0280. The zero-order valence-electron chi connectivity index (χ0n) is 17.7. The van der Waals surface area contributed by atoms with E-state index >= 15 is 0 Å². The second-order valence-electron chi connectivity index (χ2n) is 7.95. The Bertz CT molecular complexity index is 1050. The number of amides is 1. The quantitative estimate of drug-likeness (QED) is 0.633. The van der Waals surface area contributed by atoms with Crippen LogP contribution in [0.1, 0.15) is 33.6 Å². The molecule has 1 aromatic carbocycles. The Morgan fingerprint density at radius 2 is 1.94 bits per heavy atom. The first kappa shape index (κ1) is 19.9. The summed E-state index contributed by atoms with van der Waals surface area (Å²) in [6.45, 7) is 4.80. The van der Waals surface area contributed by atoms with Gasteiger partial charge >= 0.3 is 0 Å². The van der Waals surface area contributed by atoms with Crippen LogP contribution in [0.25, 0.3) is 0 Å². The van der Waals surface area contributed by atoms with Crippen LogP contribution in [0.15, 0.2) is 59.1 Å². The third kappa shape index (κ3) is 3.98. The fourth-order valence-electron chi connectivity index (χ4n) is 4.50. The maximum Gasteiger partial charge on any atom is 0.289 e. The van der Waals surface area contributed by atoms with Gasteiger partial charge in [0.15, 0.2) is 5.76 Å². The number of fused-ring (bicyclic) bond motifs is 1. The molecule has 7 heteroatoms. The molecule has 31 heavy (non-hydrogen) atoms. The lowest BCUT2D eigenvalue weighted by Crippen LogP contribution is -2.40. The van der Waals surface area contributed by atoms with Crippen LogP contribution in [0.2, 0.25) is 0 Å². The minimum atomic E-state index is -0.0635. The summed E-state index contributed by atoms with van der Waals surface area (Å²) < 4.78 is 19.1. The molecule has 1 unspecified atom stereocenters. The van der Waals surface area contributed by atoms with Gasteiger partial charge in [-0.05, 0) is 42.0 Å². The summed E-state index contributed by atoms with van der Waals surface area (Å²) in [4.78, 5) is 16.9. The zero-order chi connectivity index (χ0) is 21.2. The van der Waals surface area contributed by atoms with Crippen molar-refractivity contribution in [3.8, 4) is 5.75 Å². The van der Waals surface area contributed by atoms with Crippen LogP contribution in [0, 0.1) is 0 Å². The number of aromatic nitrogens is 1. The van der Waals surface area contributed by atoms with Gasteiger partial charge in [0.25, 0.3) is 5.91 Å². The van der Waals surface area contributed by atoms with Gasteiger partial charge in [-0.1, -0.05) is 12.1 Å². The number of carbonyl (C=O) groups excluding carboxylic acids is 1. The first-order chi connectivity index (χ1) is 15.2. The minimum absolute atomic E-state index is 0.0635. The number of morpholine rings is 1. The first-order valence-corrected chi connectivity index (χ1v) is 10.7. The lowest BCUT2D eigenvalue weighted by atomic mass is 9.99. The fourth-order valence-corrected chi connectivity index (χ4v) is 4.50. The second kappa shape index (κ2) is 8.61. The van der Waals surface area contributed by atoms with Gasteiger partial charge in [0.05, 0.1) is 32.9 Å². The minimum Gasteiger partial charge on any atom is -0.497 e. The Morgan fingerprint density at radius 3 is 2.77 bits per heavy atom. The van der Waals surface area contributed by atoms with E-state index < -0.39 is 0 Å². The Kier molecular flexibility index (Phi) is 5.53. The van der Waals surface area contributed by atoms with Crippen LogP contribution < -0.4 is 4.74 Å². The molecule has 0 bridgehead atoms. The molecule has 162 valence electrons. The molecule has 0 N–H and O–H groups in total. The van der Waals surface area contributed by atoms with Crippen molar-refractivity contribution < 1.29 is 18.7 Å². The van der Waals surface area contributed by atoms with E-state index in [-0.39, 0.29) is 11.9 Å². The van der Waals surface area contributed by atoms with E-state index in [4.69, 9.17) is 13.9 Å². The van der Waals surface area contributed by atoms with Crippen molar-refractivity contribution in [2.24, 2.45) is 0 Å². The topological polar surface area (TPSA) is 60.1 Å². The molecule has 2 aliphatic heterocycles. The second-order valence-corrected chi connectivity index (χ2v) is 7.95. The molecule has 7 nitrogen and oxygen atoms in total. The van der Waals surface area contributed by atoms with E-state index in [1.54, 1.807) is 18.1 Å². The van der Waals surface area contributed by atoms with Gasteiger partial charge in [0.2, 0.25) is 0 Å². The van der Waals surface area contributed by atoms with Crippen LogP contribution in [-0.4, -0.2) is 60.2 Å². The predicted molar refractivity (Wildman–Crippen MR) is 115 cm³/mol. The fraction of sp³-hybridized carbons (Fsp3) is 0.375. The standard InChI is InChI=1S/C24H27N3O4/c1-29-19-5-2-4-18(16-19)23-21-6-3-9-25(21)10-11-27(23)17-20-7-8-22(31-20)24(28)26-12-14-30-15-13-26/h2-9,16,23H,10-15,17H2,1H3. The average Bonchev–Trinajstić information content (AvgIpc) is 3.49. The highest BCUT2D eigenvalue weighted by molar-refractivity contribution is 5.91. The number of ether oxygens (including phenoxy) is 2. The molecule has 0 spiro atoms. The number of rotatable bonds is 5. The summed E-state index contributed by atoms with van der Waals surface area (Å²) >= 11 is 0. The summed E-state index contributed by atoms with van der Waals surface area (Å²) in [5.41, 5.74) is 2.42. The molecule has 1 atom stereocenters. The summed E-state index contributed by atoms with van der Waals surface area (Å²) in [5, 5.41) is 0. The number of methoxy groups -OCH3 is 1. The molecule has 0 aliphatic carbocycles. The Morgan fingerprint density at radius 1 is 1.06 bits per heavy atom. The highest BCUT2D eigenvalue weighted by atomic mass is 16.5. The van der Waals surface area contributed by atoms with Crippen molar-refractivity contribution in [3.63, 3.8) is 0 Å². The van der Waals surface area contributed by atoms with Crippen LogP contribution in [0.3, 0.4) is 0 Å². The van der Waals surface area contributed by atoms with Gasteiger partial charge in [-0.15, -0.1) is 0 Å². The predicted octanol–water partition coefficient (Wildman–Crippen LogP) is 3.17. The van der Waals surface area contributed by atoms with Crippen molar-refractivity contribution >= 4 is 5.91 Å². The van der Waals surface area contributed by atoms with Gasteiger partial charge < -0.3 is 23.4 Å². The largest absolute Gasteiger partial charge is 0.497 e. The molecule has 0 saturated carbocycles. The molecule has 5 rings (SSSR count). The number of furan rings is 1. The maximum absolute atomic E-state index is 12.7. The maximum atomic E-state index is 12.7. The van der Waals surface area contributed by atoms with E-state index in [2.05, 4.69) is 39.9 Å². The molecule has 0 radical (unpaired) electrons. The molecule has 1 fully saturated rings. The summed E-state index contributed by atoms with van der Waals surface area (Å²) in [7, 11) is 1.69. The van der Waals surface area contributed by atoms with Crippen LogP contribution >= 0.6 is 0 Å². The first-order valence-electron chi connectivity index (χ1n) is 10.7. The van der Waals surface area contributed by atoms with E-state index in [1.165, 1.54) is 11.3 Å². The van der Waals surface area contributed by atoms with Gasteiger partial charge in [-0.25, -0.2) is 0 Å². The average molecular weight is 421 g/mol. The molecule has 4 heterocycles. The normalized spacial score (nSPS) is 19.3. The number of carbonyl (C=O) groups is 1. The van der Waals surface area contributed by atoms with Crippen molar-refractivity contribution in [3.05, 3.63) is 77.5 Å². The number of hydrogen-bond acceptors (Lipinski definition) is 5. The van der Waals surface area contributed by atoms with Gasteiger partial charge in [0, 0.05) is 38.1 Å². The third-order valence-electron chi connectivity index (χ3n) is 6.08. The Hall–Kier alpha value is -3.03. The Balaban J connectivity index is 1.39. The van der Waals surface area contributed by atoms with Crippen LogP contribution in [0.5, 0.6) is 5.75 Å². The van der Waals surface area contributed by atoms with Crippen LogP contribution in [-0.2, 0) is 17.8 Å². The van der Waals surface area contributed by atoms with Crippen LogP contribution in [0.4, 0.5) is 0 Å². The monoisotopic (exact) mass is 421 g/mol. The van der Waals surface area contributed by atoms with E-state index in [9.17, 15) is 4.79 Å². The molecule has 2 aliphatic rings. The van der Waals surface area contributed by atoms with Crippen molar-refractivity contribution in [2.45, 2.75) is 19.1 Å². The van der Waals surface area contributed by atoms with E-state index in [1.807, 2.05) is 18.2 Å². The third-order valence-corrected chi connectivity index (χ3v) is 6.08. The van der Waals surface area contributed by atoms with Gasteiger partial charge in [0.1, 0.15) is 11.5 Å². The van der Waals surface area contributed by atoms with Gasteiger partial charge in [-0.2, -0.15) is 0 Å². The molecule has 2 aromatic heterocycles. The molecule has 1 saturated heterocycles. The summed E-state index contributed by atoms with van der Waals surface area (Å²) in [6, 6.07) is 16.3. The Labute approximate surface area is 181 Å². The lowest BCUT2D eigenvalue weighted by Gasteiger charge is -2.37. The van der Waals surface area contributed by atoms with Crippen molar-refractivity contribution in [2.75, 3.05) is 40.0 Å². The highest BCUT2D eigenvalue weighted by Crippen LogP contribution is 2.35. The van der Waals surface area contributed by atoms with E-state index in [0.717, 1.165) is 24.6 Å². The molecule has 1 amide bonds.